The second-order valence-corrected chi connectivity index (χ2v) is 4.65. The van der Waals surface area contributed by atoms with Crippen LogP contribution in [0.4, 0.5) is 0 Å². The molecule has 106 valence electrons. The minimum absolute atomic E-state index is 0.00431. The molecule has 3 aromatic rings. The van der Waals surface area contributed by atoms with Gasteiger partial charge in [0.2, 0.25) is 5.28 Å². The molecule has 21 heavy (non-hydrogen) atoms. The van der Waals surface area contributed by atoms with Crippen LogP contribution in [0.2, 0.25) is 10.3 Å². The van der Waals surface area contributed by atoms with Crippen LogP contribution in [0.25, 0.3) is 5.95 Å². The van der Waals surface area contributed by atoms with E-state index in [1.165, 1.54) is 17.3 Å². The summed E-state index contributed by atoms with van der Waals surface area (Å²) >= 11 is 11.9. The molecule has 0 aliphatic heterocycles. The van der Waals surface area contributed by atoms with E-state index >= 15 is 0 Å². The topological polar surface area (TPSA) is 78.6 Å². The van der Waals surface area contributed by atoms with Crippen LogP contribution in [0.3, 0.4) is 0 Å². The van der Waals surface area contributed by atoms with Crippen molar-refractivity contribution in [2.75, 3.05) is 0 Å². The summed E-state index contributed by atoms with van der Waals surface area (Å²) in [7, 11) is 0. The number of aromatic nitrogens is 6. The summed E-state index contributed by atoms with van der Waals surface area (Å²) in [6.07, 6.45) is 2.81. The van der Waals surface area contributed by atoms with Crippen molar-refractivity contribution in [1.82, 2.24) is 29.7 Å². The van der Waals surface area contributed by atoms with Crippen molar-refractivity contribution in [2.24, 2.45) is 0 Å². The Morgan fingerprint density at radius 1 is 1.10 bits per heavy atom. The molecule has 0 saturated carbocycles. The van der Waals surface area contributed by atoms with E-state index in [1.54, 1.807) is 6.07 Å². The molecule has 0 spiro atoms. The van der Waals surface area contributed by atoms with Gasteiger partial charge in [0.25, 0.3) is 5.95 Å². The lowest BCUT2D eigenvalue weighted by Gasteiger charge is -2.07. The zero-order chi connectivity index (χ0) is 14.7. The smallest absolute Gasteiger partial charge is 0.322 e. The van der Waals surface area contributed by atoms with Gasteiger partial charge >= 0.3 is 6.01 Å². The molecule has 0 radical (unpaired) electrons. The van der Waals surface area contributed by atoms with Crippen molar-refractivity contribution in [1.29, 1.82) is 0 Å². The number of halogens is 2. The van der Waals surface area contributed by atoms with Gasteiger partial charge in [-0.3, -0.25) is 0 Å². The first-order chi connectivity index (χ1) is 10.2. The second-order valence-electron chi connectivity index (χ2n) is 3.91. The Balaban J connectivity index is 1.81. The van der Waals surface area contributed by atoms with E-state index < -0.39 is 0 Å². The number of rotatable bonds is 4. The van der Waals surface area contributed by atoms with E-state index in [2.05, 4.69) is 25.0 Å². The summed E-state index contributed by atoms with van der Waals surface area (Å²) in [6.45, 7) is 0.219. The monoisotopic (exact) mass is 322 g/mol. The summed E-state index contributed by atoms with van der Waals surface area (Å²) in [5.74, 6) is 0.224. The van der Waals surface area contributed by atoms with E-state index in [0.29, 0.717) is 5.02 Å². The number of hydrogen-bond donors (Lipinski definition) is 0. The Morgan fingerprint density at radius 2 is 1.95 bits per heavy atom. The van der Waals surface area contributed by atoms with Crippen LogP contribution in [-0.4, -0.2) is 29.7 Å². The van der Waals surface area contributed by atoms with Crippen LogP contribution >= 0.6 is 23.2 Å². The van der Waals surface area contributed by atoms with Crippen LogP contribution < -0.4 is 4.74 Å². The first-order valence-electron chi connectivity index (χ1n) is 5.85. The maximum atomic E-state index is 6.05. The van der Waals surface area contributed by atoms with Gasteiger partial charge in [0.15, 0.2) is 0 Å². The van der Waals surface area contributed by atoms with Crippen LogP contribution in [0.1, 0.15) is 5.56 Å². The van der Waals surface area contributed by atoms with Crippen LogP contribution in [-0.2, 0) is 6.61 Å². The Bertz CT molecular complexity index is 749. The van der Waals surface area contributed by atoms with E-state index in [1.807, 2.05) is 18.2 Å². The van der Waals surface area contributed by atoms with E-state index in [-0.39, 0.29) is 23.8 Å². The van der Waals surface area contributed by atoms with Gasteiger partial charge in [0, 0.05) is 10.6 Å². The fourth-order valence-corrected chi connectivity index (χ4v) is 1.90. The van der Waals surface area contributed by atoms with Gasteiger partial charge in [-0.15, -0.1) is 0 Å². The maximum absolute atomic E-state index is 6.05. The van der Waals surface area contributed by atoms with Gasteiger partial charge in [0.1, 0.15) is 19.3 Å². The van der Waals surface area contributed by atoms with E-state index in [4.69, 9.17) is 27.9 Å². The molecular weight excluding hydrogens is 315 g/mol. The van der Waals surface area contributed by atoms with Crippen molar-refractivity contribution >= 4 is 23.2 Å². The van der Waals surface area contributed by atoms with Crippen molar-refractivity contribution in [3.8, 4) is 12.0 Å². The van der Waals surface area contributed by atoms with Gasteiger partial charge in [-0.2, -0.15) is 24.7 Å². The largest absolute Gasteiger partial charge is 0.458 e. The van der Waals surface area contributed by atoms with Gasteiger partial charge < -0.3 is 4.74 Å². The number of benzene rings is 1. The minimum atomic E-state index is 0.00431. The molecule has 0 aliphatic carbocycles. The van der Waals surface area contributed by atoms with Crippen LogP contribution in [0.15, 0.2) is 36.9 Å². The van der Waals surface area contributed by atoms with Gasteiger partial charge in [-0.25, -0.2) is 4.98 Å². The van der Waals surface area contributed by atoms with Gasteiger partial charge in [0.05, 0.1) is 0 Å². The Labute approximate surface area is 129 Å². The molecule has 9 heteroatoms. The maximum Gasteiger partial charge on any atom is 0.322 e. The minimum Gasteiger partial charge on any atom is -0.458 e. The molecule has 0 bridgehead atoms. The molecule has 2 aromatic heterocycles. The Kier molecular flexibility index (Phi) is 3.94. The van der Waals surface area contributed by atoms with Crippen LogP contribution in [0, 0.1) is 0 Å². The Morgan fingerprint density at radius 3 is 2.71 bits per heavy atom. The summed E-state index contributed by atoms with van der Waals surface area (Å²) in [5, 5.41) is 4.53. The predicted octanol–water partition coefficient (Wildman–Crippen LogP) is 2.34. The fraction of sp³-hybridized carbons (Fsp3) is 0.0833. The molecule has 2 heterocycles. The lowest BCUT2D eigenvalue weighted by atomic mass is 10.2. The van der Waals surface area contributed by atoms with Crippen molar-refractivity contribution in [3.05, 3.63) is 52.8 Å². The average molecular weight is 323 g/mol. The molecule has 0 amide bonds. The summed E-state index contributed by atoms with van der Waals surface area (Å²) < 4.78 is 6.86. The highest BCUT2D eigenvalue weighted by Gasteiger charge is 2.09. The van der Waals surface area contributed by atoms with E-state index in [9.17, 15) is 0 Å². The molecule has 1 aromatic carbocycles. The number of hydrogen-bond acceptors (Lipinski definition) is 6. The molecular formula is C12H8Cl2N6O. The van der Waals surface area contributed by atoms with Crippen molar-refractivity contribution < 1.29 is 4.74 Å². The first kappa shape index (κ1) is 13.7. The normalized spacial score (nSPS) is 10.6. The lowest BCUT2D eigenvalue weighted by molar-refractivity contribution is 0.279. The molecule has 0 unspecified atom stereocenters. The SMILES string of the molecule is Clc1nc(OCc2ccccc2Cl)nc(-n2cncn2)n1. The second kappa shape index (κ2) is 6.02. The number of nitrogens with zero attached hydrogens (tertiary/aromatic N) is 6. The molecule has 0 atom stereocenters. The third-order valence-corrected chi connectivity index (χ3v) is 3.05. The standard InChI is InChI=1S/C12H8Cl2N6O/c13-9-4-2-1-3-8(9)5-21-12-18-10(14)17-11(19-12)20-7-15-6-16-20/h1-4,6-7H,5H2. The van der Waals surface area contributed by atoms with Gasteiger partial charge in [-0.1, -0.05) is 29.8 Å². The molecule has 0 N–H and O–H groups in total. The van der Waals surface area contributed by atoms with Gasteiger partial charge in [-0.05, 0) is 17.7 Å². The van der Waals surface area contributed by atoms with Crippen molar-refractivity contribution in [2.45, 2.75) is 6.61 Å². The first-order valence-corrected chi connectivity index (χ1v) is 6.61. The molecule has 0 fully saturated rings. The molecule has 7 nitrogen and oxygen atoms in total. The number of ether oxygens (including phenoxy) is 1. The molecule has 0 saturated heterocycles. The zero-order valence-electron chi connectivity index (χ0n) is 10.5. The average Bonchev–Trinajstić information content (AvgIpc) is 3.00. The highest BCUT2D eigenvalue weighted by Crippen LogP contribution is 2.17. The van der Waals surface area contributed by atoms with Crippen molar-refractivity contribution in [3.63, 3.8) is 0 Å². The third kappa shape index (κ3) is 3.26. The fourth-order valence-electron chi connectivity index (χ4n) is 1.56. The highest BCUT2D eigenvalue weighted by atomic mass is 35.5. The van der Waals surface area contributed by atoms with Crippen LogP contribution in [0.5, 0.6) is 6.01 Å². The summed E-state index contributed by atoms with van der Waals surface area (Å²) in [4.78, 5) is 15.8. The third-order valence-electron chi connectivity index (χ3n) is 2.51. The van der Waals surface area contributed by atoms with E-state index in [0.717, 1.165) is 5.56 Å². The highest BCUT2D eigenvalue weighted by molar-refractivity contribution is 6.31. The summed E-state index contributed by atoms with van der Waals surface area (Å²) in [5.41, 5.74) is 0.818. The molecule has 3 rings (SSSR count). The quantitative estimate of drug-likeness (QED) is 0.733. The summed E-state index contributed by atoms with van der Waals surface area (Å²) in [6, 6.07) is 7.42. The molecule has 0 aliphatic rings. The zero-order valence-corrected chi connectivity index (χ0v) is 12.0. The Hall–Kier alpha value is -2.25. The predicted molar refractivity (Wildman–Crippen MR) is 75.5 cm³/mol. The lowest BCUT2D eigenvalue weighted by Crippen LogP contribution is -2.07.